The predicted octanol–water partition coefficient (Wildman–Crippen LogP) is 3.54. The molecule has 0 spiro atoms. The summed E-state index contributed by atoms with van der Waals surface area (Å²) in [6.45, 7) is 4.31. The van der Waals surface area contributed by atoms with Crippen LogP contribution in [0.1, 0.15) is 62.7 Å². The number of amides is 1. The number of rotatable bonds is 10. The highest BCUT2D eigenvalue weighted by Crippen LogP contribution is 2.23. The average molecular weight is 446 g/mol. The van der Waals surface area contributed by atoms with E-state index in [2.05, 4.69) is 27.9 Å². The van der Waals surface area contributed by atoms with E-state index in [9.17, 15) is 9.18 Å². The van der Waals surface area contributed by atoms with Crippen molar-refractivity contribution in [2.75, 3.05) is 19.0 Å². The molecule has 1 aromatic carbocycles. The molecule has 3 atom stereocenters. The molecule has 3 unspecified atom stereocenters. The second-order valence-corrected chi connectivity index (χ2v) is 8.66. The van der Waals surface area contributed by atoms with Gasteiger partial charge in [-0.05, 0) is 50.5 Å². The molecule has 7 nitrogen and oxygen atoms in total. The van der Waals surface area contributed by atoms with Gasteiger partial charge in [-0.2, -0.15) is 0 Å². The van der Waals surface area contributed by atoms with Crippen LogP contribution in [-0.2, 0) is 4.74 Å². The summed E-state index contributed by atoms with van der Waals surface area (Å²) in [5, 5.41) is 10.3. The third-order valence-electron chi connectivity index (χ3n) is 6.10. The fourth-order valence-corrected chi connectivity index (χ4v) is 4.39. The SMILES string of the molecule is CCC(NC1CCCCC1)C(CNc1nc2ccc(F)cc2cc1C(=O)NC(C)N)OC. The normalized spacial score (nSPS) is 17.7. The number of pyridine rings is 1. The molecule has 176 valence electrons. The van der Waals surface area contributed by atoms with Gasteiger partial charge in [-0.25, -0.2) is 9.37 Å². The van der Waals surface area contributed by atoms with Gasteiger partial charge in [0.15, 0.2) is 0 Å². The molecule has 2 aromatic rings. The zero-order valence-corrected chi connectivity index (χ0v) is 19.3. The number of carbonyl (C=O) groups is 1. The van der Waals surface area contributed by atoms with Crippen LogP contribution in [0.3, 0.4) is 0 Å². The number of anilines is 1. The van der Waals surface area contributed by atoms with Gasteiger partial charge in [-0.3, -0.25) is 4.79 Å². The lowest BCUT2D eigenvalue weighted by molar-refractivity contribution is 0.0698. The molecule has 0 bridgehead atoms. The fraction of sp³-hybridized carbons (Fsp3) is 0.583. The van der Waals surface area contributed by atoms with Gasteiger partial charge in [-0.15, -0.1) is 0 Å². The Kier molecular flexibility index (Phi) is 8.78. The van der Waals surface area contributed by atoms with Crippen LogP contribution >= 0.6 is 0 Å². The predicted molar refractivity (Wildman–Crippen MR) is 126 cm³/mol. The van der Waals surface area contributed by atoms with Crippen LogP contribution in [0.25, 0.3) is 10.9 Å². The Morgan fingerprint density at radius 3 is 2.69 bits per heavy atom. The summed E-state index contributed by atoms with van der Waals surface area (Å²) in [6, 6.07) is 6.69. The van der Waals surface area contributed by atoms with Crippen molar-refractivity contribution in [3.63, 3.8) is 0 Å². The number of nitrogens with one attached hydrogen (secondary N) is 3. The minimum atomic E-state index is -0.519. The van der Waals surface area contributed by atoms with E-state index >= 15 is 0 Å². The minimum Gasteiger partial charge on any atom is -0.378 e. The lowest BCUT2D eigenvalue weighted by Crippen LogP contribution is -2.49. The third kappa shape index (κ3) is 6.37. The van der Waals surface area contributed by atoms with E-state index in [4.69, 9.17) is 10.5 Å². The first-order valence-electron chi connectivity index (χ1n) is 11.6. The maximum absolute atomic E-state index is 13.7. The van der Waals surface area contributed by atoms with Gasteiger partial charge in [0.2, 0.25) is 0 Å². The molecule has 32 heavy (non-hydrogen) atoms. The van der Waals surface area contributed by atoms with Crippen molar-refractivity contribution in [3.8, 4) is 0 Å². The first-order valence-corrected chi connectivity index (χ1v) is 11.6. The van der Waals surface area contributed by atoms with Gasteiger partial charge in [0.05, 0.1) is 23.3 Å². The van der Waals surface area contributed by atoms with E-state index in [0.29, 0.717) is 34.9 Å². The molecule has 1 heterocycles. The Hall–Kier alpha value is -2.29. The maximum Gasteiger partial charge on any atom is 0.256 e. The molecule has 0 radical (unpaired) electrons. The smallest absolute Gasteiger partial charge is 0.256 e. The first kappa shape index (κ1) is 24.4. The van der Waals surface area contributed by atoms with Crippen molar-refractivity contribution in [2.24, 2.45) is 5.73 Å². The monoisotopic (exact) mass is 445 g/mol. The van der Waals surface area contributed by atoms with E-state index in [1.807, 2.05) is 0 Å². The highest BCUT2D eigenvalue weighted by Gasteiger charge is 2.25. The van der Waals surface area contributed by atoms with Crippen molar-refractivity contribution in [2.45, 2.75) is 76.7 Å². The molecule has 3 rings (SSSR count). The summed E-state index contributed by atoms with van der Waals surface area (Å²) in [5.74, 6) is -0.308. The average Bonchev–Trinajstić information content (AvgIpc) is 2.78. The summed E-state index contributed by atoms with van der Waals surface area (Å²) in [7, 11) is 1.71. The molecule has 1 aromatic heterocycles. The molecule has 5 N–H and O–H groups in total. The quantitative estimate of drug-likeness (QED) is 0.418. The van der Waals surface area contributed by atoms with Crippen LogP contribution in [-0.4, -0.2) is 48.9 Å². The minimum absolute atomic E-state index is 0.100. The van der Waals surface area contributed by atoms with E-state index in [0.717, 1.165) is 6.42 Å². The molecule has 1 aliphatic carbocycles. The summed E-state index contributed by atoms with van der Waals surface area (Å²) < 4.78 is 19.5. The number of hydrogen-bond donors (Lipinski definition) is 4. The van der Waals surface area contributed by atoms with Crippen molar-refractivity contribution in [1.29, 1.82) is 0 Å². The summed E-state index contributed by atoms with van der Waals surface area (Å²) in [4.78, 5) is 17.4. The number of benzene rings is 1. The molecular formula is C24H36FN5O2. The van der Waals surface area contributed by atoms with E-state index in [-0.39, 0.29) is 23.9 Å². The largest absolute Gasteiger partial charge is 0.378 e. The summed E-state index contributed by atoms with van der Waals surface area (Å²) in [6.07, 6.45) is 6.56. The number of fused-ring (bicyclic) bond motifs is 1. The van der Waals surface area contributed by atoms with E-state index < -0.39 is 6.17 Å². The highest BCUT2D eigenvalue weighted by atomic mass is 19.1. The zero-order chi connectivity index (χ0) is 23.1. The Morgan fingerprint density at radius 2 is 2.03 bits per heavy atom. The maximum atomic E-state index is 13.7. The number of ether oxygens (including phenoxy) is 1. The first-order chi connectivity index (χ1) is 15.4. The van der Waals surface area contributed by atoms with Gasteiger partial charge in [-0.1, -0.05) is 26.2 Å². The highest BCUT2D eigenvalue weighted by molar-refractivity contribution is 6.02. The van der Waals surface area contributed by atoms with Crippen molar-refractivity contribution in [1.82, 2.24) is 15.6 Å². The van der Waals surface area contributed by atoms with Crippen LogP contribution < -0.4 is 21.7 Å². The number of methoxy groups -OCH3 is 1. The van der Waals surface area contributed by atoms with Gasteiger partial charge >= 0.3 is 0 Å². The van der Waals surface area contributed by atoms with Crippen molar-refractivity contribution < 1.29 is 13.9 Å². The molecule has 0 aliphatic heterocycles. The van der Waals surface area contributed by atoms with Crippen LogP contribution in [0.4, 0.5) is 10.2 Å². The molecule has 1 saturated carbocycles. The lowest BCUT2D eigenvalue weighted by atomic mass is 9.94. The third-order valence-corrected chi connectivity index (χ3v) is 6.10. The van der Waals surface area contributed by atoms with E-state index in [1.165, 1.54) is 44.2 Å². The molecule has 0 saturated heterocycles. The van der Waals surface area contributed by atoms with Crippen LogP contribution in [0.15, 0.2) is 24.3 Å². The summed E-state index contributed by atoms with van der Waals surface area (Å²) in [5.41, 5.74) is 6.67. The number of nitrogens with two attached hydrogens (primary N) is 1. The number of aromatic nitrogens is 1. The van der Waals surface area contributed by atoms with Gasteiger partial charge < -0.3 is 26.4 Å². The second-order valence-electron chi connectivity index (χ2n) is 8.66. The van der Waals surface area contributed by atoms with Gasteiger partial charge in [0, 0.05) is 31.1 Å². The van der Waals surface area contributed by atoms with Crippen LogP contribution in [0.2, 0.25) is 0 Å². The fourth-order valence-electron chi connectivity index (χ4n) is 4.39. The second kappa shape index (κ2) is 11.5. The van der Waals surface area contributed by atoms with Crippen LogP contribution in [0, 0.1) is 5.82 Å². The Morgan fingerprint density at radius 1 is 1.28 bits per heavy atom. The zero-order valence-electron chi connectivity index (χ0n) is 19.3. The Bertz CT molecular complexity index is 901. The van der Waals surface area contributed by atoms with E-state index in [1.54, 1.807) is 26.2 Å². The molecule has 1 fully saturated rings. The number of nitrogens with zero attached hydrogens (tertiary/aromatic N) is 1. The number of hydrogen-bond acceptors (Lipinski definition) is 6. The molecule has 8 heteroatoms. The molecular weight excluding hydrogens is 409 g/mol. The topological polar surface area (TPSA) is 101 Å². The number of halogens is 1. The molecule has 1 aliphatic rings. The van der Waals surface area contributed by atoms with Crippen molar-refractivity contribution in [3.05, 3.63) is 35.6 Å². The Labute approximate surface area is 189 Å². The van der Waals surface area contributed by atoms with Gasteiger partial charge in [0.1, 0.15) is 11.6 Å². The van der Waals surface area contributed by atoms with Crippen molar-refractivity contribution >= 4 is 22.6 Å². The summed E-state index contributed by atoms with van der Waals surface area (Å²) >= 11 is 0. The Balaban J connectivity index is 1.80. The number of carbonyl (C=O) groups excluding carboxylic acids is 1. The van der Waals surface area contributed by atoms with Crippen LogP contribution in [0.5, 0.6) is 0 Å². The lowest BCUT2D eigenvalue weighted by Gasteiger charge is -2.32. The molecule has 1 amide bonds. The van der Waals surface area contributed by atoms with Gasteiger partial charge in [0.25, 0.3) is 5.91 Å². The standard InChI is InChI=1S/C24H36FN5O2/c1-4-20(29-18-8-6-5-7-9-18)22(32-3)14-27-23-19(24(31)28-15(2)26)13-16-12-17(25)10-11-21(16)30-23/h10-13,15,18,20,22,29H,4-9,14,26H2,1-3H3,(H,27,30)(H,28,31).